The molecule has 0 aliphatic heterocycles. The van der Waals surface area contributed by atoms with Gasteiger partial charge in [0.25, 0.3) is 11.5 Å². The lowest BCUT2D eigenvalue weighted by molar-refractivity contribution is -0.155. The molecule has 7 heteroatoms. The third kappa shape index (κ3) is 5.47. The molecule has 1 saturated carbocycles. The summed E-state index contributed by atoms with van der Waals surface area (Å²) in [5.41, 5.74) is 1.59. The van der Waals surface area contributed by atoms with E-state index < -0.39 is 17.6 Å². The topological polar surface area (TPSA) is 112 Å². The summed E-state index contributed by atoms with van der Waals surface area (Å²) in [5, 5.41) is 12.2. The molecule has 2 N–H and O–H groups in total. The summed E-state index contributed by atoms with van der Waals surface area (Å²) in [6.07, 6.45) is 2.74. The van der Waals surface area contributed by atoms with Gasteiger partial charge in [-0.15, -0.1) is 0 Å². The van der Waals surface area contributed by atoms with Crippen molar-refractivity contribution in [1.29, 1.82) is 5.26 Å². The fourth-order valence-electron chi connectivity index (χ4n) is 4.04. The number of rotatable bonds is 6. The Kier molecular flexibility index (Phi) is 7.60. The number of aromatic nitrogens is 1. The number of nitrogens with zero attached hydrogens (tertiary/aromatic N) is 1. The first-order valence-corrected chi connectivity index (χ1v) is 10.3. The van der Waals surface area contributed by atoms with Crippen molar-refractivity contribution in [3.63, 3.8) is 0 Å². The average molecular weight is 402 g/mol. The Bertz CT molecular complexity index is 868. The largest absolute Gasteiger partial charge is 0.453 e. The lowest BCUT2D eigenvalue weighted by Crippen LogP contribution is -2.47. The number of aromatic amines is 1. The number of aryl methyl sites for hydroxylation is 1. The standard InChI is InChI=1S/C22H31N3O4/c1-12-7-6-8-19(13(12)2)25-21(27)16(5)29-20(26)10-9-17-14(3)18(11-23)22(28)24-15(17)4/h12-13,16,19H,6-10H2,1-5H3,(H,24,28)(H,25,27)/t12-,13-,16+,19+/m0/s1. The number of nitriles is 1. The Balaban J connectivity index is 1.92. The van der Waals surface area contributed by atoms with Crippen LogP contribution in [0.25, 0.3) is 0 Å². The summed E-state index contributed by atoms with van der Waals surface area (Å²) in [5.74, 6) is 0.207. The van der Waals surface area contributed by atoms with Crippen molar-refractivity contribution in [3.05, 3.63) is 32.7 Å². The van der Waals surface area contributed by atoms with E-state index in [1.807, 2.05) is 6.07 Å². The van der Waals surface area contributed by atoms with Crippen LogP contribution in [0.5, 0.6) is 0 Å². The van der Waals surface area contributed by atoms with Gasteiger partial charge < -0.3 is 15.0 Å². The van der Waals surface area contributed by atoms with E-state index in [1.165, 1.54) is 6.42 Å². The summed E-state index contributed by atoms with van der Waals surface area (Å²) >= 11 is 0. The zero-order chi connectivity index (χ0) is 21.7. The highest BCUT2D eigenvalue weighted by Gasteiger charge is 2.30. The Hall–Kier alpha value is -2.62. The maximum absolute atomic E-state index is 12.4. The van der Waals surface area contributed by atoms with Crippen LogP contribution in [0.2, 0.25) is 0 Å². The van der Waals surface area contributed by atoms with Crippen molar-refractivity contribution >= 4 is 11.9 Å². The summed E-state index contributed by atoms with van der Waals surface area (Å²) in [6, 6.07) is 2.01. The molecule has 7 nitrogen and oxygen atoms in total. The number of H-pyrrole nitrogens is 1. The third-order valence-electron chi connectivity index (χ3n) is 6.21. The number of pyridine rings is 1. The number of hydrogen-bond donors (Lipinski definition) is 2. The smallest absolute Gasteiger partial charge is 0.306 e. The Morgan fingerprint density at radius 3 is 2.66 bits per heavy atom. The lowest BCUT2D eigenvalue weighted by atomic mass is 9.78. The Labute approximate surface area is 171 Å². The first kappa shape index (κ1) is 22.7. The van der Waals surface area contributed by atoms with Crippen molar-refractivity contribution in [2.24, 2.45) is 11.8 Å². The van der Waals surface area contributed by atoms with Gasteiger partial charge in [-0.05, 0) is 56.6 Å². The zero-order valence-electron chi connectivity index (χ0n) is 17.9. The molecule has 2 rings (SSSR count). The van der Waals surface area contributed by atoms with Gasteiger partial charge in [-0.3, -0.25) is 14.4 Å². The van der Waals surface area contributed by atoms with Gasteiger partial charge in [-0.2, -0.15) is 5.26 Å². The van der Waals surface area contributed by atoms with Gasteiger partial charge in [0.2, 0.25) is 0 Å². The van der Waals surface area contributed by atoms with E-state index in [1.54, 1.807) is 20.8 Å². The molecule has 0 radical (unpaired) electrons. The van der Waals surface area contributed by atoms with Crippen LogP contribution in [0, 0.1) is 37.0 Å². The third-order valence-corrected chi connectivity index (χ3v) is 6.21. The average Bonchev–Trinajstić information content (AvgIpc) is 2.65. The fourth-order valence-corrected chi connectivity index (χ4v) is 4.04. The van der Waals surface area contributed by atoms with Crippen LogP contribution in [-0.4, -0.2) is 29.0 Å². The second-order valence-electron chi connectivity index (χ2n) is 8.18. The first-order chi connectivity index (χ1) is 13.6. The molecule has 0 aromatic carbocycles. The Morgan fingerprint density at radius 1 is 1.31 bits per heavy atom. The van der Waals surface area contributed by atoms with Crippen molar-refractivity contribution in [2.45, 2.75) is 78.9 Å². The molecule has 1 aliphatic carbocycles. The van der Waals surface area contributed by atoms with Crippen LogP contribution in [0.1, 0.15) is 68.8 Å². The van der Waals surface area contributed by atoms with Gasteiger partial charge in [0.1, 0.15) is 11.6 Å². The number of hydrogen-bond acceptors (Lipinski definition) is 5. The van der Waals surface area contributed by atoms with Gasteiger partial charge in [0.15, 0.2) is 6.10 Å². The van der Waals surface area contributed by atoms with E-state index in [9.17, 15) is 14.4 Å². The minimum Gasteiger partial charge on any atom is -0.453 e. The summed E-state index contributed by atoms with van der Waals surface area (Å²) < 4.78 is 5.31. The molecule has 0 unspecified atom stereocenters. The van der Waals surface area contributed by atoms with E-state index in [2.05, 4.69) is 24.1 Å². The normalized spacial score (nSPS) is 22.4. The molecule has 1 aromatic heterocycles. The molecule has 0 spiro atoms. The first-order valence-electron chi connectivity index (χ1n) is 10.3. The number of amides is 1. The van der Waals surface area contributed by atoms with E-state index in [4.69, 9.17) is 10.00 Å². The van der Waals surface area contributed by atoms with Crippen LogP contribution in [0.15, 0.2) is 4.79 Å². The van der Waals surface area contributed by atoms with Gasteiger partial charge in [-0.25, -0.2) is 0 Å². The molecule has 0 bridgehead atoms. The molecule has 1 aliphatic rings. The predicted molar refractivity (Wildman–Crippen MR) is 109 cm³/mol. The predicted octanol–water partition coefficient (Wildman–Crippen LogP) is 2.67. The zero-order valence-corrected chi connectivity index (χ0v) is 17.9. The van der Waals surface area contributed by atoms with Crippen molar-refractivity contribution in [3.8, 4) is 6.07 Å². The quantitative estimate of drug-likeness (QED) is 0.712. The maximum atomic E-state index is 12.4. The van der Waals surface area contributed by atoms with Gasteiger partial charge in [-0.1, -0.05) is 26.7 Å². The van der Waals surface area contributed by atoms with Crippen LogP contribution >= 0.6 is 0 Å². The lowest BCUT2D eigenvalue weighted by Gasteiger charge is -2.35. The molecule has 4 atom stereocenters. The molecule has 158 valence electrons. The number of ether oxygens (including phenoxy) is 1. The molecule has 1 heterocycles. The molecule has 0 saturated heterocycles. The van der Waals surface area contributed by atoms with E-state index in [0.717, 1.165) is 18.4 Å². The van der Waals surface area contributed by atoms with Gasteiger partial charge >= 0.3 is 5.97 Å². The van der Waals surface area contributed by atoms with Crippen LogP contribution < -0.4 is 10.9 Å². The molecule has 1 amide bonds. The highest BCUT2D eigenvalue weighted by molar-refractivity contribution is 5.83. The molecule has 29 heavy (non-hydrogen) atoms. The fraction of sp³-hybridized carbons (Fsp3) is 0.636. The summed E-state index contributed by atoms with van der Waals surface area (Å²) in [4.78, 5) is 39.1. The monoisotopic (exact) mass is 401 g/mol. The van der Waals surface area contributed by atoms with Crippen molar-refractivity contribution in [2.75, 3.05) is 0 Å². The second-order valence-corrected chi connectivity index (χ2v) is 8.18. The molecular weight excluding hydrogens is 370 g/mol. The van der Waals surface area contributed by atoms with Crippen molar-refractivity contribution < 1.29 is 14.3 Å². The van der Waals surface area contributed by atoms with E-state index in [0.29, 0.717) is 29.5 Å². The van der Waals surface area contributed by atoms with Crippen LogP contribution in [-0.2, 0) is 20.7 Å². The van der Waals surface area contributed by atoms with E-state index >= 15 is 0 Å². The minimum atomic E-state index is -0.862. The molecule has 1 fully saturated rings. The van der Waals surface area contributed by atoms with Gasteiger partial charge in [0, 0.05) is 18.2 Å². The number of esters is 1. The highest BCUT2D eigenvalue weighted by atomic mass is 16.5. The molecule has 1 aromatic rings. The maximum Gasteiger partial charge on any atom is 0.306 e. The number of carbonyl (C=O) groups is 2. The van der Waals surface area contributed by atoms with Gasteiger partial charge in [0.05, 0.1) is 0 Å². The molecular formula is C22H31N3O4. The minimum absolute atomic E-state index is 0.0579. The number of carbonyl (C=O) groups excluding carboxylic acids is 2. The Morgan fingerprint density at radius 2 is 2.00 bits per heavy atom. The second kappa shape index (κ2) is 9.73. The summed E-state index contributed by atoms with van der Waals surface area (Å²) in [6.45, 7) is 9.36. The highest BCUT2D eigenvalue weighted by Crippen LogP contribution is 2.29. The SMILES string of the molecule is Cc1[nH]c(=O)c(C#N)c(C)c1CCC(=O)O[C@H](C)C(=O)N[C@@H]1CCC[C@H](C)[C@@H]1C. The van der Waals surface area contributed by atoms with Crippen LogP contribution in [0.3, 0.4) is 0 Å². The van der Waals surface area contributed by atoms with E-state index in [-0.39, 0.29) is 23.9 Å². The summed E-state index contributed by atoms with van der Waals surface area (Å²) in [7, 11) is 0. The number of nitrogens with one attached hydrogen (secondary N) is 2. The van der Waals surface area contributed by atoms with Crippen LogP contribution in [0.4, 0.5) is 0 Å². The van der Waals surface area contributed by atoms with Crippen molar-refractivity contribution in [1.82, 2.24) is 10.3 Å².